The summed E-state index contributed by atoms with van der Waals surface area (Å²) in [7, 11) is 0. The summed E-state index contributed by atoms with van der Waals surface area (Å²) in [5, 5.41) is 3.22. The van der Waals surface area contributed by atoms with E-state index < -0.39 is 0 Å². The van der Waals surface area contributed by atoms with Crippen LogP contribution >= 0.6 is 0 Å². The Morgan fingerprint density at radius 3 is 3.11 bits per heavy atom. The Morgan fingerprint density at radius 2 is 2.33 bits per heavy atom. The van der Waals surface area contributed by atoms with Crippen LogP contribution in [0.5, 0.6) is 0 Å². The van der Waals surface area contributed by atoms with Gasteiger partial charge in [0.2, 0.25) is 0 Å². The molecule has 2 atom stereocenters. The Bertz CT molecular complexity index is 144. The van der Waals surface area contributed by atoms with Crippen LogP contribution in [0.3, 0.4) is 0 Å². The van der Waals surface area contributed by atoms with Gasteiger partial charge >= 0.3 is 0 Å². The fourth-order valence-corrected chi connectivity index (χ4v) is 1.93. The van der Waals surface area contributed by atoms with Gasteiger partial charge in [-0.2, -0.15) is 0 Å². The van der Waals surface area contributed by atoms with Gasteiger partial charge in [-0.1, -0.05) is 0 Å². The first-order valence-corrected chi connectivity index (χ1v) is 3.64. The van der Waals surface area contributed by atoms with E-state index in [0.29, 0.717) is 11.7 Å². The van der Waals surface area contributed by atoms with E-state index in [1.165, 1.54) is 6.42 Å². The van der Waals surface area contributed by atoms with Crippen molar-refractivity contribution >= 4 is 5.78 Å². The Balaban J connectivity index is 2.15. The number of carbonyl (C=O) groups excluding carboxylic acids is 1. The molecule has 2 heteroatoms. The second-order valence-corrected chi connectivity index (χ2v) is 2.99. The van der Waals surface area contributed by atoms with E-state index in [4.69, 9.17) is 0 Å². The highest BCUT2D eigenvalue weighted by atomic mass is 16.1. The fraction of sp³-hybridized carbons (Fsp3) is 0.857. The van der Waals surface area contributed by atoms with Gasteiger partial charge in [-0.25, -0.2) is 0 Å². The molecule has 0 aromatic rings. The van der Waals surface area contributed by atoms with E-state index in [0.717, 1.165) is 19.4 Å². The summed E-state index contributed by atoms with van der Waals surface area (Å²) in [6, 6.07) is 0.255. The number of ketones is 1. The molecule has 1 saturated heterocycles. The lowest BCUT2D eigenvalue weighted by atomic mass is 10.1. The van der Waals surface area contributed by atoms with Crippen LogP contribution in [0.15, 0.2) is 0 Å². The molecule has 0 aromatic heterocycles. The minimum atomic E-state index is 0.255. The first-order chi connectivity index (χ1) is 4.38. The van der Waals surface area contributed by atoms with Gasteiger partial charge in [0.05, 0.1) is 6.04 Å². The van der Waals surface area contributed by atoms with Crippen molar-refractivity contribution in [1.29, 1.82) is 0 Å². The highest BCUT2D eigenvalue weighted by Gasteiger charge is 2.37. The smallest absolute Gasteiger partial charge is 0.150 e. The monoisotopic (exact) mass is 125 g/mol. The number of Topliss-reactive ketones (excluding diaryl/α,β-unsaturated/α-hetero) is 1. The summed E-state index contributed by atoms with van der Waals surface area (Å²) in [5.74, 6) is 1.13. The van der Waals surface area contributed by atoms with Gasteiger partial charge in [0, 0.05) is 6.42 Å². The van der Waals surface area contributed by atoms with Gasteiger partial charge in [-0.05, 0) is 25.3 Å². The molecule has 1 aliphatic carbocycles. The van der Waals surface area contributed by atoms with Crippen LogP contribution < -0.4 is 5.32 Å². The van der Waals surface area contributed by atoms with Gasteiger partial charge in [0.1, 0.15) is 5.78 Å². The molecule has 0 aromatic carbocycles. The zero-order chi connectivity index (χ0) is 6.27. The number of rotatable bonds is 0. The van der Waals surface area contributed by atoms with Gasteiger partial charge in [0.25, 0.3) is 0 Å². The van der Waals surface area contributed by atoms with Crippen molar-refractivity contribution in [3.63, 3.8) is 0 Å². The highest BCUT2D eigenvalue weighted by Crippen LogP contribution is 2.28. The quantitative estimate of drug-likeness (QED) is 0.505. The van der Waals surface area contributed by atoms with Crippen LogP contribution in [-0.4, -0.2) is 18.4 Å². The molecule has 9 heavy (non-hydrogen) atoms. The van der Waals surface area contributed by atoms with E-state index in [2.05, 4.69) is 5.32 Å². The summed E-state index contributed by atoms with van der Waals surface area (Å²) < 4.78 is 0. The van der Waals surface area contributed by atoms with E-state index in [1.54, 1.807) is 0 Å². The molecule has 0 bridgehead atoms. The van der Waals surface area contributed by atoms with E-state index in [1.807, 2.05) is 0 Å². The molecule has 1 aliphatic heterocycles. The molecule has 1 N–H and O–H groups in total. The maximum atomic E-state index is 11.0. The largest absolute Gasteiger partial charge is 0.307 e. The Kier molecular flexibility index (Phi) is 1.09. The Hall–Kier alpha value is -0.370. The normalized spacial score (nSPS) is 41.6. The third-order valence-electron chi connectivity index (χ3n) is 2.46. The molecule has 0 amide bonds. The topological polar surface area (TPSA) is 29.1 Å². The maximum absolute atomic E-state index is 11.0. The number of fused-ring (bicyclic) bond motifs is 1. The molecule has 2 nitrogen and oxygen atoms in total. The molecule has 2 aliphatic rings. The number of hydrogen-bond donors (Lipinski definition) is 1. The summed E-state index contributed by atoms with van der Waals surface area (Å²) in [5.41, 5.74) is 0. The fourth-order valence-electron chi connectivity index (χ4n) is 1.93. The van der Waals surface area contributed by atoms with Crippen molar-refractivity contribution in [3.05, 3.63) is 0 Å². The molecule has 1 saturated carbocycles. The standard InChI is InChI=1S/C7H11NO/c9-6-2-1-5-3-4-8-7(5)6/h5,7-8H,1-4H2/t5-,7+/m0/s1. The average Bonchev–Trinajstić information content (AvgIpc) is 2.35. The van der Waals surface area contributed by atoms with Crippen molar-refractivity contribution in [2.24, 2.45) is 5.92 Å². The lowest BCUT2D eigenvalue weighted by Crippen LogP contribution is -2.29. The molecular formula is C7H11NO. The van der Waals surface area contributed by atoms with E-state index in [9.17, 15) is 4.79 Å². The molecule has 0 unspecified atom stereocenters. The van der Waals surface area contributed by atoms with E-state index in [-0.39, 0.29) is 6.04 Å². The van der Waals surface area contributed by atoms with Crippen LogP contribution in [-0.2, 0) is 4.79 Å². The number of carbonyl (C=O) groups is 1. The maximum Gasteiger partial charge on any atom is 0.150 e. The van der Waals surface area contributed by atoms with Crippen molar-refractivity contribution in [3.8, 4) is 0 Å². The van der Waals surface area contributed by atoms with Crippen molar-refractivity contribution in [2.45, 2.75) is 25.3 Å². The predicted octanol–water partition coefficient (Wildman–Crippen LogP) is 0.327. The van der Waals surface area contributed by atoms with Crippen molar-refractivity contribution < 1.29 is 4.79 Å². The molecule has 50 valence electrons. The molecule has 2 rings (SSSR count). The Morgan fingerprint density at radius 1 is 1.44 bits per heavy atom. The van der Waals surface area contributed by atoms with E-state index >= 15 is 0 Å². The van der Waals surface area contributed by atoms with Crippen molar-refractivity contribution in [1.82, 2.24) is 5.32 Å². The molecule has 2 fully saturated rings. The van der Waals surface area contributed by atoms with Gasteiger partial charge in [0.15, 0.2) is 0 Å². The summed E-state index contributed by atoms with van der Waals surface area (Å²) >= 11 is 0. The number of nitrogens with one attached hydrogen (secondary N) is 1. The predicted molar refractivity (Wildman–Crippen MR) is 34.1 cm³/mol. The minimum Gasteiger partial charge on any atom is -0.307 e. The van der Waals surface area contributed by atoms with Gasteiger partial charge in [-0.3, -0.25) is 4.79 Å². The van der Waals surface area contributed by atoms with Gasteiger partial charge in [-0.15, -0.1) is 0 Å². The third-order valence-corrected chi connectivity index (χ3v) is 2.46. The lowest BCUT2D eigenvalue weighted by Gasteiger charge is -2.03. The second-order valence-electron chi connectivity index (χ2n) is 2.99. The summed E-state index contributed by atoms with van der Waals surface area (Å²) in [4.78, 5) is 11.0. The second kappa shape index (κ2) is 1.81. The highest BCUT2D eigenvalue weighted by molar-refractivity contribution is 5.86. The van der Waals surface area contributed by atoms with Crippen LogP contribution in [0.25, 0.3) is 0 Å². The van der Waals surface area contributed by atoms with Crippen LogP contribution in [0.1, 0.15) is 19.3 Å². The van der Waals surface area contributed by atoms with Crippen molar-refractivity contribution in [2.75, 3.05) is 6.54 Å². The van der Waals surface area contributed by atoms with Gasteiger partial charge < -0.3 is 5.32 Å². The average molecular weight is 125 g/mol. The third kappa shape index (κ3) is 0.697. The lowest BCUT2D eigenvalue weighted by molar-refractivity contribution is -0.119. The molecule has 0 radical (unpaired) electrons. The first kappa shape index (κ1) is 5.42. The van der Waals surface area contributed by atoms with Crippen LogP contribution in [0.2, 0.25) is 0 Å². The summed E-state index contributed by atoms with van der Waals surface area (Å²) in [6.07, 6.45) is 3.18. The Labute approximate surface area is 54.6 Å². The van der Waals surface area contributed by atoms with Crippen LogP contribution in [0, 0.1) is 5.92 Å². The zero-order valence-electron chi connectivity index (χ0n) is 5.39. The zero-order valence-corrected chi connectivity index (χ0v) is 5.39. The molecular weight excluding hydrogens is 114 g/mol. The molecule has 1 heterocycles. The minimum absolute atomic E-state index is 0.255. The summed E-state index contributed by atoms with van der Waals surface area (Å²) in [6.45, 7) is 1.06. The van der Waals surface area contributed by atoms with Crippen LogP contribution in [0.4, 0.5) is 0 Å². The number of hydrogen-bond acceptors (Lipinski definition) is 2. The molecule has 0 spiro atoms. The first-order valence-electron chi connectivity index (χ1n) is 3.64. The SMILES string of the molecule is O=C1CC[C@H]2CCN[C@@H]12.